The second-order valence-electron chi connectivity index (χ2n) is 2.92. The van der Waals surface area contributed by atoms with Gasteiger partial charge in [-0.1, -0.05) is 6.07 Å². The lowest BCUT2D eigenvalue weighted by molar-refractivity contribution is 0.0696. The van der Waals surface area contributed by atoms with Gasteiger partial charge in [0.05, 0.1) is 11.1 Å². The molecule has 1 N–H and O–H groups in total. The zero-order valence-corrected chi connectivity index (χ0v) is 7.46. The molecule has 1 rings (SSSR count). The minimum Gasteiger partial charge on any atom is -0.478 e. The molecule has 0 aliphatic rings. The van der Waals surface area contributed by atoms with E-state index in [0.29, 0.717) is 5.56 Å². The first-order valence-electron chi connectivity index (χ1n) is 3.81. The van der Waals surface area contributed by atoms with Crippen molar-refractivity contribution in [3.05, 3.63) is 34.4 Å². The van der Waals surface area contributed by atoms with E-state index >= 15 is 0 Å². The van der Waals surface area contributed by atoms with Crippen molar-refractivity contribution in [2.45, 2.75) is 13.8 Å². The molecule has 0 fully saturated rings. The monoisotopic (exact) mass is 175 g/mol. The molecule has 0 amide bonds. The largest absolute Gasteiger partial charge is 0.478 e. The summed E-state index contributed by atoms with van der Waals surface area (Å²) in [4.78, 5) is 10.7. The Morgan fingerprint density at radius 1 is 1.46 bits per heavy atom. The molecule has 0 aliphatic carbocycles. The maximum atomic E-state index is 10.7. The number of hydrogen-bond acceptors (Lipinski definition) is 2. The number of benzene rings is 1. The van der Waals surface area contributed by atoms with E-state index in [1.165, 1.54) is 6.07 Å². The first kappa shape index (κ1) is 9.27. The van der Waals surface area contributed by atoms with Crippen LogP contribution in [0.4, 0.5) is 0 Å². The predicted molar refractivity (Wildman–Crippen MR) is 47.6 cm³/mol. The van der Waals surface area contributed by atoms with Crippen LogP contribution in [0.3, 0.4) is 0 Å². The first-order valence-corrected chi connectivity index (χ1v) is 3.81. The fraction of sp³-hybridized carbons (Fsp3) is 0.200. The molecule has 0 aromatic heterocycles. The summed E-state index contributed by atoms with van der Waals surface area (Å²) in [6.07, 6.45) is 0. The lowest BCUT2D eigenvalue weighted by atomic mass is 10.00. The van der Waals surface area contributed by atoms with Gasteiger partial charge < -0.3 is 5.11 Å². The fourth-order valence-electron chi connectivity index (χ4n) is 1.28. The molecule has 3 heteroatoms. The van der Waals surface area contributed by atoms with Crippen LogP contribution in [0.25, 0.3) is 0 Å². The average molecular weight is 175 g/mol. The summed E-state index contributed by atoms with van der Waals surface area (Å²) in [5.74, 6) is -1.05. The molecule has 66 valence electrons. The summed E-state index contributed by atoms with van der Waals surface area (Å²) in [5.41, 5.74) is 1.90. The average Bonchev–Trinajstić information content (AvgIpc) is 2.02. The lowest BCUT2D eigenvalue weighted by Crippen LogP contribution is -2.02. The standard InChI is InChI=1S/C10H9NO2/c1-6-3-7(2)9(5-11)8(4-6)10(12)13/h3-4H,1-2H3,(H,12,13). The van der Waals surface area contributed by atoms with E-state index in [9.17, 15) is 4.79 Å². The van der Waals surface area contributed by atoms with E-state index in [1.807, 2.05) is 6.07 Å². The Kier molecular flexibility index (Phi) is 2.34. The van der Waals surface area contributed by atoms with Crippen LogP contribution in [0.2, 0.25) is 0 Å². The lowest BCUT2D eigenvalue weighted by Gasteiger charge is -2.03. The molecular formula is C10H9NO2. The molecule has 0 heterocycles. The van der Waals surface area contributed by atoms with E-state index in [4.69, 9.17) is 10.4 Å². The molecule has 1 aromatic carbocycles. The van der Waals surface area contributed by atoms with Gasteiger partial charge in [0.1, 0.15) is 6.07 Å². The molecule has 0 bridgehead atoms. The Labute approximate surface area is 76.2 Å². The van der Waals surface area contributed by atoms with Crippen LogP contribution in [0, 0.1) is 25.2 Å². The van der Waals surface area contributed by atoms with Crippen molar-refractivity contribution >= 4 is 5.97 Å². The van der Waals surface area contributed by atoms with Crippen LogP contribution in [0.15, 0.2) is 12.1 Å². The number of aryl methyl sites for hydroxylation is 2. The van der Waals surface area contributed by atoms with Crippen molar-refractivity contribution in [2.75, 3.05) is 0 Å². The van der Waals surface area contributed by atoms with Crippen molar-refractivity contribution in [2.24, 2.45) is 0 Å². The van der Waals surface area contributed by atoms with Gasteiger partial charge >= 0.3 is 5.97 Å². The first-order chi connectivity index (χ1) is 6.06. The quantitative estimate of drug-likeness (QED) is 0.708. The zero-order valence-electron chi connectivity index (χ0n) is 7.46. The highest BCUT2D eigenvalue weighted by Gasteiger charge is 2.12. The van der Waals surface area contributed by atoms with Gasteiger partial charge in [0.25, 0.3) is 0 Å². The highest BCUT2D eigenvalue weighted by atomic mass is 16.4. The van der Waals surface area contributed by atoms with Crippen molar-refractivity contribution < 1.29 is 9.90 Å². The van der Waals surface area contributed by atoms with Gasteiger partial charge in [-0.3, -0.25) is 0 Å². The number of nitrogens with zero attached hydrogens (tertiary/aromatic N) is 1. The molecular weight excluding hydrogens is 166 g/mol. The number of rotatable bonds is 1. The van der Waals surface area contributed by atoms with Crippen LogP contribution in [0.5, 0.6) is 0 Å². The van der Waals surface area contributed by atoms with Crippen LogP contribution < -0.4 is 0 Å². The smallest absolute Gasteiger partial charge is 0.337 e. The van der Waals surface area contributed by atoms with Gasteiger partial charge in [-0.15, -0.1) is 0 Å². The van der Waals surface area contributed by atoms with Gasteiger partial charge in [0, 0.05) is 0 Å². The summed E-state index contributed by atoms with van der Waals surface area (Å²) < 4.78 is 0. The van der Waals surface area contributed by atoms with Gasteiger partial charge in [-0.05, 0) is 31.0 Å². The molecule has 1 aromatic rings. The van der Waals surface area contributed by atoms with E-state index in [2.05, 4.69) is 0 Å². The second-order valence-corrected chi connectivity index (χ2v) is 2.92. The number of carbonyl (C=O) groups is 1. The molecule has 3 nitrogen and oxygen atoms in total. The Morgan fingerprint density at radius 2 is 2.08 bits per heavy atom. The highest BCUT2D eigenvalue weighted by Crippen LogP contribution is 2.15. The topological polar surface area (TPSA) is 61.1 Å². The predicted octanol–water partition coefficient (Wildman–Crippen LogP) is 1.87. The SMILES string of the molecule is Cc1cc(C)c(C#N)c(C(=O)O)c1. The maximum absolute atomic E-state index is 10.7. The van der Waals surface area contributed by atoms with Crippen LogP contribution >= 0.6 is 0 Å². The molecule has 0 saturated heterocycles. The summed E-state index contributed by atoms with van der Waals surface area (Å²) in [6, 6.07) is 5.20. The molecule has 0 atom stereocenters. The van der Waals surface area contributed by atoms with Crippen molar-refractivity contribution in [3.63, 3.8) is 0 Å². The van der Waals surface area contributed by atoms with Gasteiger partial charge in [-0.25, -0.2) is 4.79 Å². The van der Waals surface area contributed by atoms with Gasteiger partial charge in [0.2, 0.25) is 0 Å². The normalized spacial score (nSPS) is 9.31. The molecule has 0 radical (unpaired) electrons. The molecule has 13 heavy (non-hydrogen) atoms. The van der Waals surface area contributed by atoms with Crippen molar-refractivity contribution in [3.8, 4) is 6.07 Å². The number of carboxylic acid groups (broad SMARTS) is 1. The van der Waals surface area contributed by atoms with Gasteiger partial charge in [0.15, 0.2) is 0 Å². The third-order valence-corrected chi connectivity index (χ3v) is 1.82. The van der Waals surface area contributed by atoms with E-state index in [0.717, 1.165) is 5.56 Å². The van der Waals surface area contributed by atoms with E-state index in [1.54, 1.807) is 19.9 Å². The summed E-state index contributed by atoms with van der Waals surface area (Å²) in [7, 11) is 0. The Balaban J connectivity index is 3.50. The number of nitriles is 1. The minimum absolute atomic E-state index is 0.0833. The second kappa shape index (κ2) is 3.28. The summed E-state index contributed by atoms with van der Waals surface area (Å²) >= 11 is 0. The molecule has 0 aliphatic heterocycles. The fourth-order valence-corrected chi connectivity index (χ4v) is 1.28. The Bertz CT molecular complexity index is 402. The molecule has 0 saturated carbocycles. The number of carboxylic acids is 1. The molecule has 0 unspecified atom stereocenters. The number of aromatic carboxylic acids is 1. The summed E-state index contributed by atoms with van der Waals surface area (Å²) in [6.45, 7) is 3.54. The van der Waals surface area contributed by atoms with Crippen LogP contribution in [-0.2, 0) is 0 Å². The third-order valence-electron chi connectivity index (χ3n) is 1.82. The molecule has 0 spiro atoms. The van der Waals surface area contributed by atoms with E-state index < -0.39 is 5.97 Å². The van der Waals surface area contributed by atoms with E-state index in [-0.39, 0.29) is 11.1 Å². The Morgan fingerprint density at radius 3 is 2.54 bits per heavy atom. The maximum Gasteiger partial charge on any atom is 0.337 e. The van der Waals surface area contributed by atoms with Crippen LogP contribution in [0.1, 0.15) is 27.0 Å². The zero-order chi connectivity index (χ0) is 10.0. The van der Waals surface area contributed by atoms with Crippen molar-refractivity contribution in [1.82, 2.24) is 0 Å². The number of hydrogen-bond donors (Lipinski definition) is 1. The third kappa shape index (κ3) is 1.67. The van der Waals surface area contributed by atoms with Crippen molar-refractivity contribution in [1.29, 1.82) is 5.26 Å². The Hall–Kier alpha value is -1.82. The highest BCUT2D eigenvalue weighted by molar-refractivity contribution is 5.91. The minimum atomic E-state index is -1.05. The van der Waals surface area contributed by atoms with Crippen LogP contribution in [-0.4, -0.2) is 11.1 Å². The summed E-state index contributed by atoms with van der Waals surface area (Å²) in [5, 5.41) is 17.5. The van der Waals surface area contributed by atoms with Gasteiger partial charge in [-0.2, -0.15) is 5.26 Å².